The third-order valence-corrected chi connectivity index (χ3v) is 10.0. The van der Waals surface area contributed by atoms with Gasteiger partial charge in [0.1, 0.15) is 34.7 Å². The first-order valence-electron chi connectivity index (χ1n) is 22.1. The van der Waals surface area contributed by atoms with E-state index in [9.17, 15) is 79.1 Å². The number of carbonyl (C=O) groups excluding carboxylic acids is 7. The highest BCUT2D eigenvalue weighted by atomic mass is 19.4. The van der Waals surface area contributed by atoms with Gasteiger partial charge in [0.05, 0.1) is 18.6 Å². The second-order valence-electron chi connectivity index (χ2n) is 18.8. The van der Waals surface area contributed by atoms with E-state index in [1.165, 1.54) is 75.4 Å². The number of nitrogens with one attached hydrogen (secondary N) is 8. The zero-order chi connectivity index (χ0) is 59.9. The Hall–Kier alpha value is -7.91. The molecule has 0 aliphatic heterocycles. The third-order valence-electron chi connectivity index (χ3n) is 10.0. The maximum atomic E-state index is 13.9. The number of carbonyl (C=O) groups is 9. The molecule has 3 atom stereocenters. The lowest BCUT2D eigenvalue weighted by molar-refractivity contribution is -0.193. The number of alkyl halides is 6. The summed E-state index contributed by atoms with van der Waals surface area (Å²) in [5.74, 6) is -11.8. The largest absolute Gasteiger partial charge is 0.490 e. The van der Waals surface area contributed by atoms with Crippen molar-refractivity contribution in [1.29, 1.82) is 0 Å². The van der Waals surface area contributed by atoms with Crippen LogP contribution in [0.25, 0.3) is 0 Å². The van der Waals surface area contributed by atoms with Gasteiger partial charge in [-0.05, 0) is 95.0 Å². The molecule has 0 aromatic carbocycles. The summed E-state index contributed by atoms with van der Waals surface area (Å²) < 4.78 is 65.4. The molecular weight excluding hydrogens is 1040 g/mol. The number of aliphatic carboxylic acids is 2. The quantitative estimate of drug-likeness (QED) is 0.0425. The topological polar surface area (TPSA) is 454 Å². The normalized spacial score (nSPS) is 13.1. The Labute approximate surface area is 426 Å². The summed E-state index contributed by atoms with van der Waals surface area (Å²) in [6.45, 7) is 12.6. The Morgan fingerprint density at radius 3 is 1.20 bits per heavy atom. The van der Waals surface area contributed by atoms with Crippen LogP contribution in [0.2, 0.25) is 0 Å². The zero-order valence-corrected chi connectivity index (χ0v) is 42.7. The van der Waals surface area contributed by atoms with Gasteiger partial charge in [0.25, 0.3) is 11.1 Å². The summed E-state index contributed by atoms with van der Waals surface area (Å²) in [7, 11) is 0. The van der Waals surface area contributed by atoms with Crippen molar-refractivity contribution < 1.29 is 79.7 Å². The van der Waals surface area contributed by atoms with E-state index >= 15 is 0 Å². The highest BCUT2D eigenvalue weighted by Crippen LogP contribution is 2.15. The third kappa shape index (κ3) is 22.3. The minimum atomic E-state index is -5.08. The van der Waals surface area contributed by atoms with E-state index in [-0.39, 0.29) is 17.5 Å². The molecule has 0 spiro atoms. The molecule has 0 saturated carbocycles. The van der Waals surface area contributed by atoms with E-state index < -0.39 is 142 Å². The van der Waals surface area contributed by atoms with Crippen molar-refractivity contribution in [2.24, 2.45) is 17.2 Å². The molecule has 0 aliphatic carbocycles. The number of primary amides is 1. The highest BCUT2D eigenvalue weighted by molar-refractivity contribution is 6.00. The summed E-state index contributed by atoms with van der Waals surface area (Å²) in [5.41, 5.74) is 7.07. The van der Waals surface area contributed by atoms with Crippen LogP contribution in [0.5, 0.6) is 0 Å². The first kappa shape index (κ1) is 68.1. The van der Waals surface area contributed by atoms with E-state index in [1.807, 2.05) is 0 Å². The van der Waals surface area contributed by atoms with Gasteiger partial charge in [0.15, 0.2) is 0 Å². The predicted octanol–water partition coefficient (Wildman–Crippen LogP) is -3.54. The number of carboxylic acids is 2. The van der Waals surface area contributed by atoms with E-state index in [0.29, 0.717) is 19.4 Å². The number of hydrogen-bond donors (Lipinski definition) is 13. The number of carboxylic acid groups (broad SMARTS) is 2. The van der Waals surface area contributed by atoms with Crippen molar-refractivity contribution in [1.82, 2.24) is 51.0 Å². The fraction of sp³-hybridized carbons (Fsp3) is 0.595. The summed E-state index contributed by atoms with van der Waals surface area (Å²) in [4.78, 5) is 165. The van der Waals surface area contributed by atoms with Gasteiger partial charge in [-0.2, -0.15) is 26.3 Å². The lowest BCUT2D eigenvalue weighted by Crippen LogP contribution is -2.67. The number of aromatic amines is 2. The Morgan fingerprint density at radius 2 is 0.882 bits per heavy atom. The molecule has 2 aromatic heterocycles. The fourth-order valence-corrected chi connectivity index (χ4v) is 5.49. The molecular formula is C42H63F6N13O15. The number of nitrogens with two attached hydrogens (primary N) is 3. The van der Waals surface area contributed by atoms with Crippen molar-refractivity contribution in [3.63, 3.8) is 0 Å². The maximum absolute atomic E-state index is 13.9. The van der Waals surface area contributed by atoms with Crippen LogP contribution in [0.1, 0.15) is 85.8 Å². The molecule has 7 amide bonds. The van der Waals surface area contributed by atoms with Crippen LogP contribution in [0.4, 0.5) is 26.3 Å². The van der Waals surface area contributed by atoms with E-state index in [1.54, 1.807) is 0 Å². The molecule has 2 heterocycles. The Morgan fingerprint density at radius 1 is 0.566 bits per heavy atom. The van der Waals surface area contributed by atoms with Crippen LogP contribution < -0.4 is 71.6 Å². The molecule has 0 bridgehead atoms. The van der Waals surface area contributed by atoms with Crippen molar-refractivity contribution in [2.45, 2.75) is 154 Å². The lowest BCUT2D eigenvalue weighted by Gasteiger charge is -2.34. The summed E-state index contributed by atoms with van der Waals surface area (Å²) >= 11 is 0. The minimum absolute atomic E-state index is 0.0909. The van der Waals surface area contributed by atoms with Gasteiger partial charge < -0.3 is 59.3 Å². The molecule has 28 nitrogen and oxygen atoms in total. The second kappa shape index (κ2) is 27.0. The molecule has 0 saturated heterocycles. The first-order valence-corrected chi connectivity index (χ1v) is 22.1. The number of amides is 7. The van der Waals surface area contributed by atoms with Gasteiger partial charge in [0, 0.05) is 23.5 Å². The number of halogens is 6. The van der Waals surface area contributed by atoms with Gasteiger partial charge >= 0.3 is 35.7 Å². The van der Waals surface area contributed by atoms with Crippen LogP contribution in [-0.2, 0) is 56.2 Å². The Balaban J connectivity index is 0.00000351. The van der Waals surface area contributed by atoms with Gasteiger partial charge in [-0.1, -0.05) is 0 Å². The van der Waals surface area contributed by atoms with Crippen LogP contribution in [-0.4, -0.2) is 142 Å². The average molecular weight is 1100 g/mol. The number of nitrogens with zero attached hydrogens (tertiary/aromatic N) is 2. The molecule has 16 N–H and O–H groups in total. The van der Waals surface area contributed by atoms with Crippen LogP contribution in [0.15, 0.2) is 31.6 Å². The monoisotopic (exact) mass is 1100 g/mol. The SMILES string of the molecule is Cc1cn(C[C@H](NC(=O)C(C)(C)N)C(=O)NC(C)(C)C(=O)NC(C)(C)C(=O)N[C@@H](Cn2cc(C)c(=O)[nH]c2=O)C(=O)NC(C)(C)C(=O)N[C@@H](CCCCN)C(N)=O)c(=O)[nH]c1=O.O=C(O)C(F)(F)F.O=C(O)C(F)(F)F. The van der Waals surface area contributed by atoms with Crippen molar-refractivity contribution in [3.8, 4) is 0 Å². The molecule has 34 heteroatoms. The summed E-state index contributed by atoms with van der Waals surface area (Å²) in [6.07, 6.45) is -6.62. The molecule has 0 unspecified atom stereocenters. The Kier molecular flexibility index (Phi) is 24.2. The van der Waals surface area contributed by atoms with E-state index in [4.69, 9.17) is 37.0 Å². The van der Waals surface area contributed by atoms with Crippen molar-refractivity contribution in [2.75, 3.05) is 6.54 Å². The molecule has 2 rings (SSSR count). The zero-order valence-electron chi connectivity index (χ0n) is 42.7. The average Bonchev–Trinajstić information content (AvgIpc) is 3.25. The first-order chi connectivity index (χ1) is 34.2. The molecule has 76 heavy (non-hydrogen) atoms. The van der Waals surface area contributed by atoms with E-state index in [0.717, 1.165) is 15.3 Å². The minimum Gasteiger partial charge on any atom is -0.475 e. The smallest absolute Gasteiger partial charge is 0.475 e. The van der Waals surface area contributed by atoms with Crippen LogP contribution in [0, 0.1) is 13.8 Å². The van der Waals surface area contributed by atoms with Crippen LogP contribution >= 0.6 is 0 Å². The fourth-order valence-electron chi connectivity index (χ4n) is 5.49. The number of hydrogen-bond acceptors (Lipinski definition) is 15. The lowest BCUT2D eigenvalue weighted by atomic mass is 9.97. The van der Waals surface area contributed by atoms with Gasteiger partial charge in [-0.25, -0.2) is 19.2 Å². The molecule has 2 aromatic rings. The number of aromatic nitrogens is 4. The number of H-pyrrole nitrogens is 2. The van der Waals surface area contributed by atoms with Crippen LogP contribution in [0.3, 0.4) is 0 Å². The molecule has 0 fully saturated rings. The van der Waals surface area contributed by atoms with Gasteiger partial charge in [0.2, 0.25) is 41.4 Å². The van der Waals surface area contributed by atoms with Gasteiger partial charge in [-0.15, -0.1) is 0 Å². The van der Waals surface area contributed by atoms with Gasteiger partial charge in [-0.3, -0.25) is 62.3 Å². The van der Waals surface area contributed by atoms with Crippen molar-refractivity contribution in [3.05, 3.63) is 65.2 Å². The van der Waals surface area contributed by atoms with E-state index in [2.05, 4.69) is 41.9 Å². The summed E-state index contributed by atoms with van der Waals surface area (Å²) in [6, 6.07) is -4.25. The molecule has 0 radical (unpaired) electrons. The number of aryl methyl sites for hydroxylation is 2. The molecule has 428 valence electrons. The second-order valence-corrected chi connectivity index (χ2v) is 18.8. The standard InChI is InChI=1S/C38H61N13O11.2C2HF3O2/c1-19-15-50(33(61)45-25(19)53)17-22(43-29(57)35(3,4)41)27(55)48-38(9,10)32(60)49-37(7,8)31(59)44-23(18-51-16-20(2)26(54)46-34(51)62)28(56)47-36(5,6)30(58)42-21(24(40)52)13-11-12-14-39;2*3-2(4,5)1(6)7/h15-16,21-23H,11-14,17-18,39,41H2,1-10H3,(H2,40,52)(H,42,58)(H,43,57)(H,44,59)(H,47,56)(H,48,55)(H,49,60)(H,45,53,61)(H,46,54,62);2*(H,6,7)/t21-,22-,23-;;/m0../s1. The summed E-state index contributed by atoms with van der Waals surface area (Å²) in [5, 5.41) is 29.2. The highest BCUT2D eigenvalue weighted by Gasteiger charge is 2.42. The number of unbranched alkanes of at least 4 members (excludes halogenated alkanes) is 1. The maximum Gasteiger partial charge on any atom is 0.490 e. The Bertz CT molecular complexity index is 2700. The predicted molar refractivity (Wildman–Crippen MR) is 252 cm³/mol. The molecule has 0 aliphatic rings. The number of rotatable bonds is 21. The van der Waals surface area contributed by atoms with Crippen molar-refractivity contribution >= 4 is 53.3 Å².